The molecular weight excluding hydrogens is 398 g/mol. The molecule has 2 aromatic carbocycles. The molecule has 1 aliphatic heterocycles. The van der Waals surface area contributed by atoms with E-state index in [0.29, 0.717) is 11.5 Å². The van der Waals surface area contributed by atoms with Gasteiger partial charge in [0, 0.05) is 6.07 Å². The maximum Gasteiger partial charge on any atom is 0.190 e. The van der Waals surface area contributed by atoms with Gasteiger partial charge in [-0.1, -0.05) is 46.9 Å². The number of phenolic OH excluding ortho intramolecular Hbond substituents is 2. The molecule has 0 aliphatic carbocycles. The molecule has 0 saturated carbocycles. The van der Waals surface area contributed by atoms with Gasteiger partial charge >= 0.3 is 0 Å². The highest BCUT2D eigenvalue weighted by atomic mass is 35.6. The van der Waals surface area contributed by atoms with Gasteiger partial charge in [-0.2, -0.15) is 0 Å². The number of fused-ring (bicyclic) bond motifs is 2. The topological polar surface area (TPSA) is 58.9 Å². The Kier molecular flexibility index (Phi) is 4.85. The van der Waals surface area contributed by atoms with Gasteiger partial charge in [-0.15, -0.1) is 11.6 Å². The molecule has 1 unspecified atom stereocenters. The number of para-hydroxylation sites is 2. The molecule has 0 radical (unpaired) electrons. The van der Waals surface area contributed by atoms with Crippen molar-refractivity contribution >= 4 is 46.4 Å². The molecule has 8 heteroatoms. The van der Waals surface area contributed by atoms with E-state index in [2.05, 4.69) is 0 Å². The predicted molar refractivity (Wildman–Crippen MR) is 94.5 cm³/mol. The molecule has 3 rings (SSSR count). The van der Waals surface area contributed by atoms with Gasteiger partial charge in [-0.3, -0.25) is 0 Å². The maximum absolute atomic E-state index is 10.2. The quantitative estimate of drug-likeness (QED) is 0.386. The van der Waals surface area contributed by atoms with Crippen LogP contribution in [0, 0.1) is 0 Å². The number of hydrogen-bond donors (Lipinski definition) is 2. The van der Waals surface area contributed by atoms with Crippen molar-refractivity contribution < 1.29 is 19.7 Å². The second-order valence-corrected chi connectivity index (χ2v) is 8.30. The Bertz CT molecular complexity index is 773. The van der Waals surface area contributed by atoms with Crippen molar-refractivity contribution in [3.05, 3.63) is 35.9 Å². The zero-order valence-electron chi connectivity index (χ0n) is 12.1. The smallest absolute Gasteiger partial charge is 0.190 e. The highest BCUT2D eigenvalue weighted by Gasteiger charge is 2.31. The number of phenols is 2. The van der Waals surface area contributed by atoms with Gasteiger partial charge in [0.25, 0.3) is 0 Å². The summed E-state index contributed by atoms with van der Waals surface area (Å²) >= 11 is 23.6. The molecule has 0 saturated heterocycles. The van der Waals surface area contributed by atoms with E-state index in [9.17, 15) is 10.2 Å². The van der Waals surface area contributed by atoms with E-state index >= 15 is 0 Å². The summed E-state index contributed by atoms with van der Waals surface area (Å²) in [5.74, 6) is 0.689. The van der Waals surface area contributed by atoms with Crippen LogP contribution in [-0.4, -0.2) is 14.0 Å². The van der Waals surface area contributed by atoms with Crippen molar-refractivity contribution in [2.24, 2.45) is 0 Å². The first-order chi connectivity index (χ1) is 11.3. The van der Waals surface area contributed by atoms with Crippen LogP contribution in [0.4, 0.5) is 0 Å². The molecule has 2 aromatic rings. The largest absolute Gasteiger partial charge is 0.504 e. The standard InChI is InChI=1S/C16H12Cl4O4/c17-8(5-6-16(18,19)20)13-14(22)9(21)7-12-15(13)24-11-4-2-1-3-10(11)23-12/h1-4,7-8,21-22H,5-6H2. The predicted octanol–water partition coefficient (Wildman–Crippen LogP) is 6.43. The Hall–Kier alpha value is -1.20. The zero-order chi connectivity index (χ0) is 17.5. The lowest BCUT2D eigenvalue weighted by Gasteiger charge is -2.25. The molecule has 0 spiro atoms. The molecular formula is C16H12Cl4O4. The van der Waals surface area contributed by atoms with Crippen LogP contribution in [0.2, 0.25) is 0 Å². The van der Waals surface area contributed by atoms with Crippen LogP contribution in [0.3, 0.4) is 0 Å². The third-order valence-electron chi connectivity index (χ3n) is 3.51. The van der Waals surface area contributed by atoms with Gasteiger partial charge in [0.1, 0.15) is 0 Å². The summed E-state index contributed by atoms with van der Waals surface area (Å²) < 4.78 is 10.1. The normalized spacial score (nSPS) is 14.2. The molecule has 1 atom stereocenters. The fraction of sp³-hybridized carbons (Fsp3) is 0.250. The highest BCUT2D eigenvalue weighted by molar-refractivity contribution is 6.67. The molecule has 1 aliphatic rings. The number of ether oxygens (including phenoxy) is 2. The third kappa shape index (κ3) is 3.57. The molecule has 1 heterocycles. The van der Waals surface area contributed by atoms with Gasteiger partial charge in [0.2, 0.25) is 0 Å². The Morgan fingerprint density at radius 3 is 2.25 bits per heavy atom. The number of alkyl halides is 4. The van der Waals surface area contributed by atoms with Crippen LogP contribution >= 0.6 is 46.4 Å². The van der Waals surface area contributed by atoms with E-state index in [1.54, 1.807) is 24.3 Å². The molecule has 0 amide bonds. The lowest BCUT2D eigenvalue weighted by molar-refractivity contribution is 0.339. The summed E-state index contributed by atoms with van der Waals surface area (Å²) in [5, 5.41) is 19.4. The van der Waals surface area contributed by atoms with Gasteiger partial charge in [0.15, 0.2) is 38.3 Å². The first-order valence-electron chi connectivity index (χ1n) is 7.00. The zero-order valence-corrected chi connectivity index (χ0v) is 15.1. The minimum Gasteiger partial charge on any atom is -0.504 e. The lowest BCUT2D eigenvalue weighted by atomic mass is 10.0. The molecule has 4 nitrogen and oxygen atoms in total. The minimum absolute atomic E-state index is 0.160. The number of aromatic hydroxyl groups is 2. The Balaban J connectivity index is 2.00. The fourth-order valence-corrected chi connectivity index (χ4v) is 3.03. The van der Waals surface area contributed by atoms with E-state index in [-0.39, 0.29) is 41.4 Å². The second kappa shape index (κ2) is 6.60. The van der Waals surface area contributed by atoms with Crippen molar-refractivity contribution in [3.8, 4) is 34.5 Å². The number of hydrogen-bond acceptors (Lipinski definition) is 4. The Morgan fingerprint density at radius 1 is 1.00 bits per heavy atom. The average molecular weight is 410 g/mol. The van der Waals surface area contributed by atoms with Crippen molar-refractivity contribution in [2.45, 2.75) is 22.0 Å². The molecule has 128 valence electrons. The molecule has 0 aromatic heterocycles. The number of rotatable bonds is 3. The number of halogens is 4. The molecule has 2 N–H and O–H groups in total. The SMILES string of the molecule is Oc1cc2c(c(C(Cl)CCC(Cl)(Cl)Cl)c1O)Oc1ccccc1O2. The summed E-state index contributed by atoms with van der Waals surface area (Å²) in [7, 11) is 0. The van der Waals surface area contributed by atoms with Crippen molar-refractivity contribution in [3.63, 3.8) is 0 Å². The summed E-state index contributed by atoms with van der Waals surface area (Å²) in [4.78, 5) is 0. The second-order valence-electron chi connectivity index (χ2n) is 5.26. The van der Waals surface area contributed by atoms with Gasteiger partial charge in [0.05, 0.1) is 10.9 Å². The Morgan fingerprint density at radius 2 is 1.62 bits per heavy atom. The first-order valence-corrected chi connectivity index (χ1v) is 8.57. The van der Waals surface area contributed by atoms with E-state index < -0.39 is 9.17 Å². The van der Waals surface area contributed by atoms with Crippen LogP contribution in [0.15, 0.2) is 30.3 Å². The van der Waals surface area contributed by atoms with E-state index in [4.69, 9.17) is 55.9 Å². The lowest BCUT2D eigenvalue weighted by Crippen LogP contribution is -2.07. The minimum atomic E-state index is -1.47. The monoisotopic (exact) mass is 408 g/mol. The molecule has 0 fully saturated rings. The van der Waals surface area contributed by atoms with Crippen LogP contribution in [0.5, 0.6) is 34.5 Å². The van der Waals surface area contributed by atoms with E-state index in [1.165, 1.54) is 6.07 Å². The molecule has 0 bridgehead atoms. The van der Waals surface area contributed by atoms with Crippen LogP contribution in [0.25, 0.3) is 0 Å². The van der Waals surface area contributed by atoms with Crippen molar-refractivity contribution in [1.82, 2.24) is 0 Å². The summed E-state index contributed by atoms with van der Waals surface area (Å²) in [6.07, 6.45) is 0.402. The van der Waals surface area contributed by atoms with Crippen LogP contribution in [0.1, 0.15) is 23.8 Å². The third-order valence-corrected chi connectivity index (χ3v) is 4.51. The van der Waals surface area contributed by atoms with E-state index in [0.717, 1.165) is 0 Å². The van der Waals surface area contributed by atoms with Gasteiger partial charge in [-0.25, -0.2) is 0 Å². The molecule has 24 heavy (non-hydrogen) atoms. The maximum atomic E-state index is 10.2. The summed E-state index contributed by atoms with van der Waals surface area (Å²) in [6, 6.07) is 8.29. The average Bonchev–Trinajstić information content (AvgIpc) is 2.51. The Labute approximate surface area is 158 Å². The van der Waals surface area contributed by atoms with Gasteiger partial charge in [-0.05, 0) is 25.0 Å². The first kappa shape index (κ1) is 17.6. The van der Waals surface area contributed by atoms with Gasteiger partial charge < -0.3 is 19.7 Å². The fourth-order valence-electron chi connectivity index (χ4n) is 2.39. The number of benzene rings is 2. The highest BCUT2D eigenvalue weighted by Crippen LogP contribution is 2.55. The van der Waals surface area contributed by atoms with Crippen LogP contribution in [-0.2, 0) is 0 Å². The summed E-state index contributed by atoms with van der Waals surface area (Å²) in [6.45, 7) is 0. The van der Waals surface area contributed by atoms with Crippen molar-refractivity contribution in [2.75, 3.05) is 0 Å². The van der Waals surface area contributed by atoms with Crippen molar-refractivity contribution in [1.29, 1.82) is 0 Å². The van der Waals surface area contributed by atoms with Crippen LogP contribution < -0.4 is 9.47 Å². The summed E-state index contributed by atoms with van der Waals surface area (Å²) in [5.41, 5.74) is 0.190. The van der Waals surface area contributed by atoms with E-state index in [1.807, 2.05) is 0 Å².